The highest BCUT2D eigenvalue weighted by atomic mass is 32.1. The molecular formula is C18H23N3O2S. The number of likely N-dealkylation sites (tertiary alicyclic amines) is 1. The van der Waals surface area contributed by atoms with Crippen molar-refractivity contribution in [2.45, 2.75) is 32.4 Å². The number of carbonyl (C=O) groups is 1. The molecule has 0 aliphatic carbocycles. The van der Waals surface area contributed by atoms with Crippen molar-refractivity contribution in [3.05, 3.63) is 56.1 Å². The van der Waals surface area contributed by atoms with E-state index in [1.807, 2.05) is 13.0 Å². The van der Waals surface area contributed by atoms with Crippen molar-refractivity contribution in [2.75, 3.05) is 13.1 Å². The molecule has 1 aliphatic heterocycles. The minimum Gasteiger partial charge on any atom is -0.348 e. The molecule has 0 saturated carbocycles. The number of nitrogens with zero attached hydrogens (tertiary/aromatic N) is 2. The van der Waals surface area contributed by atoms with Crippen molar-refractivity contribution in [2.24, 2.45) is 7.05 Å². The molecule has 0 radical (unpaired) electrons. The Kier molecular flexibility index (Phi) is 5.16. The Bertz CT molecular complexity index is 758. The molecule has 6 heteroatoms. The number of amides is 1. The lowest BCUT2D eigenvalue weighted by molar-refractivity contribution is 0.0912. The highest BCUT2D eigenvalue weighted by molar-refractivity contribution is 7.11. The largest absolute Gasteiger partial charge is 0.348 e. The number of thiazole rings is 1. The summed E-state index contributed by atoms with van der Waals surface area (Å²) >= 11 is 1.02. The van der Waals surface area contributed by atoms with E-state index >= 15 is 0 Å². The molecule has 24 heavy (non-hydrogen) atoms. The van der Waals surface area contributed by atoms with Gasteiger partial charge in [-0.05, 0) is 25.3 Å². The molecule has 2 heterocycles. The third-order valence-electron chi connectivity index (χ3n) is 4.67. The van der Waals surface area contributed by atoms with Crippen molar-refractivity contribution in [3.63, 3.8) is 0 Å². The van der Waals surface area contributed by atoms with Crippen LogP contribution in [-0.2, 0) is 13.6 Å². The number of aromatic nitrogens is 1. The summed E-state index contributed by atoms with van der Waals surface area (Å²) in [7, 11) is 1.70. The zero-order valence-corrected chi connectivity index (χ0v) is 14.9. The Morgan fingerprint density at radius 2 is 1.92 bits per heavy atom. The Balaban J connectivity index is 1.52. The smallest absolute Gasteiger partial charge is 0.307 e. The Morgan fingerprint density at radius 1 is 1.25 bits per heavy atom. The molecule has 0 spiro atoms. The first-order valence-electron chi connectivity index (χ1n) is 8.28. The van der Waals surface area contributed by atoms with Crippen LogP contribution < -0.4 is 10.2 Å². The number of rotatable bonds is 4. The van der Waals surface area contributed by atoms with Gasteiger partial charge < -0.3 is 9.88 Å². The Morgan fingerprint density at radius 3 is 2.50 bits per heavy atom. The molecule has 5 nitrogen and oxygen atoms in total. The molecule has 2 aromatic rings. The van der Waals surface area contributed by atoms with Gasteiger partial charge in [0.15, 0.2) is 0 Å². The first-order valence-corrected chi connectivity index (χ1v) is 9.10. The average molecular weight is 345 g/mol. The monoisotopic (exact) mass is 345 g/mol. The van der Waals surface area contributed by atoms with Crippen LogP contribution in [0.25, 0.3) is 0 Å². The van der Waals surface area contributed by atoms with E-state index in [1.54, 1.807) is 7.05 Å². The van der Waals surface area contributed by atoms with Gasteiger partial charge in [-0.25, -0.2) is 0 Å². The van der Waals surface area contributed by atoms with E-state index in [0.29, 0.717) is 4.88 Å². The molecular weight excluding hydrogens is 322 g/mol. The highest BCUT2D eigenvalue weighted by Crippen LogP contribution is 2.16. The summed E-state index contributed by atoms with van der Waals surface area (Å²) in [6.45, 7) is 4.73. The molecule has 3 rings (SSSR count). The van der Waals surface area contributed by atoms with Gasteiger partial charge >= 0.3 is 4.87 Å². The van der Waals surface area contributed by atoms with E-state index in [4.69, 9.17) is 0 Å². The van der Waals surface area contributed by atoms with Crippen molar-refractivity contribution in [1.82, 2.24) is 14.8 Å². The van der Waals surface area contributed by atoms with Crippen molar-refractivity contribution >= 4 is 17.2 Å². The molecule has 1 aromatic carbocycles. The number of hydrogen-bond donors (Lipinski definition) is 1. The second-order valence-electron chi connectivity index (χ2n) is 6.35. The van der Waals surface area contributed by atoms with Crippen LogP contribution in [0.2, 0.25) is 0 Å². The minimum atomic E-state index is -0.114. The summed E-state index contributed by atoms with van der Waals surface area (Å²) in [5.74, 6) is -0.114. The van der Waals surface area contributed by atoms with Crippen LogP contribution in [0.15, 0.2) is 35.1 Å². The van der Waals surface area contributed by atoms with Crippen molar-refractivity contribution < 1.29 is 4.79 Å². The van der Waals surface area contributed by atoms with Gasteiger partial charge in [0.1, 0.15) is 4.88 Å². The first-order chi connectivity index (χ1) is 11.5. The van der Waals surface area contributed by atoms with Gasteiger partial charge in [-0.1, -0.05) is 41.7 Å². The van der Waals surface area contributed by atoms with Crippen LogP contribution in [-0.4, -0.2) is 34.5 Å². The molecule has 128 valence electrons. The fraction of sp³-hybridized carbons (Fsp3) is 0.444. The zero-order chi connectivity index (χ0) is 17.1. The molecule has 0 bridgehead atoms. The second-order valence-corrected chi connectivity index (χ2v) is 7.31. The summed E-state index contributed by atoms with van der Waals surface area (Å²) in [6, 6.07) is 10.6. The van der Waals surface area contributed by atoms with Crippen LogP contribution in [0, 0.1) is 6.92 Å². The number of nitrogens with one attached hydrogen (secondary N) is 1. The summed E-state index contributed by atoms with van der Waals surface area (Å²) < 4.78 is 1.53. The van der Waals surface area contributed by atoms with Gasteiger partial charge in [0, 0.05) is 38.4 Å². The molecule has 1 aliphatic rings. The minimum absolute atomic E-state index is 0.0877. The number of benzene rings is 1. The second kappa shape index (κ2) is 7.32. The average Bonchev–Trinajstić information content (AvgIpc) is 2.85. The predicted octanol–water partition coefficient (Wildman–Crippen LogP) is 2.15. The van der Waals surface area contributed by atoms with Gasteiger partial charge in [0.2, 0.25) is 0 Å². The lowest BCUT2D eigenvalue weighted by atomic mass is 10.0. The van der Waals surface area contributed by atoms with Crippen LogP contribution >= 0.6 is 11.3 Å². The van der Waals surface area contributed by atoms with Gasteiger partial charge in [-0.2, -0.15) is 0 Å². The van der Waals surface area contributed by atoms with Crippen molar-refractivity contribution in [1.29, 1.82) is 0 Å². The van der Waals surface area contributed by atoms with E-state index in [1.165, 1.54) is 10.1 Å². The van der Waals surface area contributed by atoms with Gasteiger partial charge in [-0.3, -0.25) is 14.5 Å². The zero-order valence-electron chi connectivity index (χ0n) is 14.1. The lowest BCUT2D eigenvalue weighted by Gasteiger charge is -2.32. The third kappa shape index (κ3) is 3.76. The van der Waals surface area contributed by atoms with Crippen LogP contribution in [0.3, 0.4) is 0 Å². The molecule has 1 N–H and O–H groups in total. The van der Waals surface area contributed by atoms with E-state index in [0.717, 1.165) is 49.5 Å². The van der Waals surface area contributed by atoms with Crippen molar-refractivity contribution in [3.8, 4) is 0 Å². The summed E-state index contributed by atoms with van der Waals surface area (Å²) in [5.41, 5.74) is 2.06. The summed E-state index contributed by atoms with van der Waals surface area (Å²) in [6.07, 6.45) is 1.89. The normalized spacial score (nSPS) is 16.2. The van der Waals surface area contributed by atoms with Gasteiger partial charge in [0.05, 0.1) is 0 Å². The summed E-state index contributed by atoms with van der Waals surface area (Å²) in [5, 5.41) is 3.09. The molecule has 1 fully saturated rings. The van der Waals surface area contributed by atoms with Gasteiger partial charge in [0.25, 0.3) is 5.91 Å². The maximum absolute atomic E-state index is 12.4. The number of piperidine rings is 1. The third-order valence-corrected chi connectivity index (χ3v) is 5.81. The quantitative estimate of drug-likeness (QED) is 0.924. The molecule has 1 amide bonds. The molecule has 1 aromatic heterocycles. The number of carbonyl (C=O) groups excluding carboxylic acids is 1. The predicted molar refractivity (Wildman–Crippen MR) is 96.5 cm³/mol. The van der Waals surface area contributed by atoms with E-state index < -0.39 is 0 Å². The topological polar surface area (TPSA) is 54.3 Å². The fourth-order valence-electron chi connectivity index (χ4n) is 3.06. The maximum Gasteiger partial charge on any atom is 0.307 e. The maximum atomic E-state index is 12.4. The Hall–Kier alpha value is -1.92. The molecule has 1 saturated heterocycles. The Labute approximate surface area is 145 Å². The fourth-order valence-corrected chi connectivity index (χ4v) is 3.94. The SMILES string of the molecule is Cc1c(C(=O)NC2CCN(Cc3ccccc3)CC2)sc(=O)n1C. The van der Waals surface area contributed by atoms with E-state index in [-0.39, 0.29) is 16.8 Å². The van der Waals surface area contributed by atoms with Crippen LogP contribution in [0.5, 0.6) is 0 Å². The highest BCUT2D eigenvalue weighted by Gasteiger charge is 2.23. The standard InChI is InChI=1S/C18H23N3O2S/c1-13-16(24-18(23)20(13)2)17(22)19-15-8-10-21(11-9-15)12-14-6-4-3-5-7-14/h3-7,15H,8-12H2,1-2H3,(H,19,22). The van der Waals surface area contributed by atoms with Crippen LogP contribution in [0.1, 0.15) is 33.8 Å². The molecule has 0 unspecified atom stereocenters. The van der Waals surface area contributed by atoms with E-state index in [2.05, 4.69) is 34.5 Å². The number of hydrogen-bond acceptors (Lipinski definition) is 4. The lowest BCUT2D eigenvalue weighted by Crippen LogP contribution is -2.44. The van der Waals surface area contributed by atoms with Crippen LogP contribution in [0.4, 0.5) is 0 Å². The van der Waals surface area contributed by atoms with E-state index in [9.17, 15) is 9.59 Å². The first kappa shape index (κ1) is 16.9. The summed E-state index contributed by atoms with van der Waals surface area (Å²) in [4.78, 5) is 26.9. The molecule has 0 atom stereocenters. The van der Waals surface area contributed by atoms with Gasteiger partial charge in [-0.15, -0.1) is 0 Å².